The Morgan fingerprint density at radius 2 is 2.36 bits per heavy atom. The normalized spacial score (nSPS) is 37.5. The Morgan fingerprint density at radius 3 is 2.64 bits per heavy atom. The standard InChI is InChI=1S/C7H12NOPS/c1-4-7-5-6-10(9,11-7)8(2)3/h1,7H,5-6H2,2-3H3. The van der Waals surface area contributed by atoms with Crippen LogP contribution in [0.5, 0.6) is 0 Å². The minimum Gasteiger partial charge on any atom is -0.295 e. The summed E-state index contributed by atoms with van der Waals surface area (Å²) in [4.78, 5) is 0. The number of rotatable bonds is 1. The van der Waals surface area contributed by atoms with E-state index in [4.69, 9.17) is 6.42 Å². The van der Waals surface area contributed by atoms with Gasteiger partial charge in [0.25, 0.3) is 0 Å². The molecule has 4 heteroatoms. The third-order valence-corrected chi connectivity index (χ3v) is 8.04. The van der Waals surface area contributed by atoms with E-state index in [1.165, 1.54) is 11.4 Å². The van der Waals surface area contributed by atoms with Crippen molar-refractivity contribution in [2.75, 3.05) is 20.3 Å². The lowest BCUT2D eigenvalue weighted by atomic mass is 10.3. The van der Waals surface area contributed by atoms with Crippen molar-refractivity contribution in [3.05, 3.63) is 0 Å². The van der Waals surface area contributed by atoms with Gasteiger partial charge in [-0.1, -0.05) is 17.3 Å². The van der Waals surface area contributed by atoms with E-state index in [2.05, 4.69) is 5.92 Å². The molecule has 2 nitrogen and oxygen atoms in total. The monoisotopic (exact) mass is 189 g/mol. The largest absolute Gasteiger partial charge is 0.295 e. The topological polar surface area (TPSA) is 20.3 Å². The summed E-state index contributed by atoms with van der Waals surface area (Å²) in [7, 11) is 3.71. The van der Waals surface area contributed by atoms with Gasteiger partial charge in [-0.3, -0.25) is 9.24 Å². The number of hydrogen-bond acceptors (Lipinski definition) is 2. The molecule has 62 valence electrons. The highest BCUT2D eigenvalue weighted by atomic mass is 32.7. The molecule has 0 aliphatic carbocycles. The van der Waals surface area contributed by atoms with Gasteiger partial charge in [0.2, 0.25) is 6.49 Å². The van der Waals surface area contributed by atoms with Crippen LogP contribution in [0.1, 0.15) is 6.42 Å². The first-order valence-electron chi connectivity index (χ1n) is 3.50. The van der Waals surface area contributed by atoms with E-state index < -0.39 is 6.49 Å². The molecule has 1 heterocycles. The fourth-order valence-electron chi connectivity index (χ4n) is 0.993. The molecule has 0 N–H and O–H groups in total. The zero-order chi connectivity index (χ0) is 8.48. The van der Waals surface area contributed by atoms with Crippen LogP contribution in [0.4, 0.5) is 0 Å². The molecule has 1 fully saturated rings. The van der Waals surface area contributed by atoms with Gasteiger partial charge in [0.15, 0.2) is 0 Å². The average Bonchev–Trinajstić information content (AvgIpc) is 2.33. The highest BCUT2D eigenvalue weighted by Crippen LogP contribution is 2.67. The van der Waals surface area contributed by atoms with Gasteiger partial charge in [-0.15, -0.1) is 6.42 Å². The van der Waals surface area contributed by atoms with Gasteiger partial charge in [0, 0.05) is 6.16 Å². The van der Waals surface area contributed by atoms with Crippen LogP contribution in [0, 0.1) is 12.3 Å². The number of terminal acetylenes is 1. The van der Waals surface area contributed by atoms with Crippen molar-refractivity contribution in [1.82, 2.24) is 4.67 Å². The highest BCUT2D eigenvalue weighted by Gasteiger charge is 2.35. The average molecular weight is 189 g/mol. The van der Waals surface area contributed by atoms with Gasteiger partial charge < -0.3 is 0 Å². The molecular weight excluding hydrogens is 177 g/mol. The molecule has 2 unspecified atom stereocenters. The Bertz CT molecular complexity index is 233. The summed E-state index contributed by atoms with van der Waals surface area (Å²) >= 11 is 1.47. The fraction of sp³-hybridized carbons (Fsp3) is 0.714. The highest BCUT2D eigenvalue weighted by molar-refractivity contribution is 8.58. The van der Waals surface area contributed by atoms with Crippen LogP contribution in [-0.2, 0) is 4.57 Å². The van der Waals surface area contributed by atoms with Crippen molar-refractivity contribution in [1.29, 1.82) is 0 Å². The minimum atomic E-state index is -2.11. The molecular formula is C7H12NOPS. The molecule has 1 aliphatic rings. The molecule has 0 aromatic rings. The molecule has 1 aliphatic heterocycles. The zero-order valence-electron chi connectivity index (χ0n) is 6.78. The van der Waals surface area contributed by atoms with E-state index in [1.807, 2.05) is 18.8 Å². The second kappa shape index (κ2) is 3.23. The lowest BCUT2D eigenvalue weighted by Crippen LogP contribution is -2.05. The van der Waals surface area contributed by atoms with Crippen LogP contribution in [0.3, 0.4) is 0 Å². The van der Waals surface area contributed by atoms with Crippen molar-refractivity contribution in [2.45, 2.75) is 11.7 Å². The second-order valence-corrected chi connectivity index (χ2v) is 8.40. The first-order chi connectivity index (χ1) is 5.08. The molecule has 2 atom stereocenters. The maximum absolute atomic E-state index is 11.9. The maximum atomic E-state index is 11.9. The van der Waals surface area contributed by atoms with E-state index in [0.29, 0.717) is 0 Å². The van der Waals surface area contributed by atoms with Crippen LogP contribution in [0.2, 0.25) is 0 Å². The molecule has 0 aromatic heterocycles. The molecule has 11 heavy (non-hydrogen) atoms. The number of nitrogens with zero attached hydrogens (tertiary/aromatic N) is 1. The van der Waals surface area contributed by atoms with Gasteiger partial charge in [-0.25, -0.2) is 0 Å². The molecule has 0 bridgehead atoms. The minimum absolute atomic E-state index is 0.170. The first-order valence-corrected chi connectivity index (χ1v) is 6.83. The van der Waals surface area contributed by atoms with E-state index in [0.717, 1.165) is 12.6 Å². The molecule has 1 rings (SSSR count). The molecule has 0 spiro atoms. The van der Waals surface area contributed by atoms with Crippen LogP contribution < -0.4 is 0 Å². The lowest BCUT2D eigenvalue weighted by molar-refractivity contribution is 0.531. The molecule has 0 radical (unpaired) electrons. The summed E-state index contributed by atoms with van der Waals surface area (Å²) in [5, 5.41) is 0.170. The van der Waals surface area contributed by atoms with Gasteiger partial charge in [0.1, 0.15) is 0 Å². The summed E-state index contributed by atoms with van der Waals surface area (Å²) in [6.07, 6.45) is 6.91. The van der Waals surface area contributed by atoms with E-state index in [-0.39, 0.29) is 5.25 Å². The van der Waals surface area contributed by atoms with Crippen molar-refractivity contribution in [3.63, 3.8) is 0 Å². The Hall–Kier alpha value is 0.100. The van der Waals surface area contributed by atoms with E-state index in [1.54, 1.807) is 0 Å². The third-order valence-electron chi connectivity index (χ3n) is 1.76. The van der Waals surface area contributed by atoms with E-state index >= 15 is 0 Å². The lowest BCUT2D eigenvalue weighted by Gasteiger charge is -2.17. The van der Waals surface area contributed by atoms with Crippen molar-refractivity contribution >= 4 is 17.9 Å². The van der Waals surface area contributed by atoms with Crippen LogP contribution >= 0.6 is 17.9 Å². The first kappa shape index (κ1) is 9.19. The van der Waals surface area contributed by atoms with Gasteiger partial charge in [0.05, 0.1) is 5.25 Å². The Labute approximate surface area is 71.9 Å². The molecule has 1 saturated heterocycles. The van der Waals surface area contributed by atoms with Gasteiger partial charge in [-0.2, -0.15) is 0 Å². The predicted octanol–water partition coefficient (Wildman–Crippen LogP) is 1.88. The Morgan fingerprint density at radius 1 is 1.73 bits per heavy atom. The van der Waals surface area contributed by atoms with Crippen molar-refractivity contribution < 1.29 is 4.57 Å². The fourth-order valence-corrected chi connectivity index (χ4v) is 6.02. The van der Waals surface area contributed by atoms with Crippen molar-refractivity contribution in [3.8, 4) is 12.3 Å². The van der Waals surface area contributed by atoms with Crippen LogP contribution in [0.15, 0.2) is 0 Å². The second-order valence-electron chi connectivity index (χ2n) is 2.76. The summed E-state index contributed by atoms with van der Waals surface area (Å²) in [6.45, 7) is -2.11. The van der Waals surface area contributed by atoms with E-state index in [9.17, 15) is 4.57 Å². The molecule has 0 amide bonds. The summed E-state index contributed by atoms with van der Waals surface area (Å²) < 4.78 is 13.7. The van der Waals surface area contributed by atoms with Crippen LogP contribution in [0.25, 0.3) is 0 Å². The van der Waals surface area contributed by atoms with Crippen molar-refractivity contribution in [2.24, 2.45) is 0 Å². The maximum Gasteiger partial charge on any atom is 0.204 e. The third kappa shape index (κ3) is 1.82. The van der Waals surface area contributed by atoms with Crippen LogP contribution in [-0.4, -0.2) is 30.2 Å². The van der Waals surface area contributed by atoms with Gasteiger partial charge >= 0.3 is 0 Å². The summed E-state index contributed by atoms with van der Waals surface area (Å²) in [6, 6.07) is 0. The summed E-state index contributed by atoms with van der Waals surface area (Å²) in [5.41, 5.74) is 0. The summed E-state index contributed by atoms with van der Waals surface area (Å²) in [5.74, 6) is 2.64. The Kier molecular flexibility index (Phi) is 2.70. The van der Waals surface area contributed by atoms with Gasteiger partial charge in [-0.05, 0) is 20.5 Å². The number of hydrogen-bond donors (Lipinski definition) is 0. The quantitative estimate of drug-likeness (QED) is 0.464. The zero-order valence-corrected chi connectivity index (χ0v) is 8.49. The SMILES string of the molecule is C#CC1CCP(=O)(N(C)C)S1. The predicted molar refractivity (Wildman–Crippen MR) is 51.0 cm³/mol. The Balaban J connectivity index is 2.67. The molecule has 0 saturated carbocycles. The molecule has 0 aromatic carbocycles. The smallest absolute Gasteiger partial charge is 0.204 e.